The van der Waals surface area contributed by atoms with Crippen molar-refractivity contribution in [2.75, 3.05) is 16.2 Å². The van der Waals surface area contributed by atoms with Crippen LogP contribution in [0.15, 0.2) is 84.3 Å². The number of sulfonamides is 1. The van der Waals surface area contributed by atoms with Gasteiger partial charge in [-0.05, 0) is 49.4 Å². The maximum absolute atomic E-state index is 13.3. The predicted octanol–water partition coefficient (Wildman–Crippen LogP) is 4.68. The molecule has 0 atom stereocenters. The molecule has 0 saturated carbocycles. The lowest BCUT2D eigenvalue weighted by molar-refractivity contribution is 0.102. The van der Waals surface area contributed by atoms with E-state index in [1.165, 1.54) is 28.6 Å². The molecule has 1 N–H and O–H groups in total. The fraction of sp³-hybridized carbons (Fsp3) is 0.0909. The predicted molar refractivity (Wildman–Crippen MR) is 120 cm³/mol. The minimum atomic E-state index is -3.96. The average Bonchev–Trinajstić information content (AvgIpc) is 2.72. The maximum atomic E-state index is 13.3. The third-order valence-corrected chi connectivity index (χ3v) is 6.36. The second-order valence-corrected chi connectivity index (χ2v) is 8.69. The normalized spacial score (nSPS) is 11.0. The fourth-order valence-corrected chi connectivity index (χ4v) is 4.48. The van der Waals surface area contributed by atoms with Gasteiger partial charge in [-0.25, -0.2) is 13.4 Å². The van der Waals surface area contributed by atoms with Crippen LogP contribution in [0.3, 0.4) is 0 Å². The van der Waals surface area contributed by atoms with Crippen LogP contribution in [0.1, 0.15) is 16.1 Å². The molecule has 3 rings (SSSR count). The molecule has 8 heteroatoms. The SMILES string of the molecule is C=CCN(c1ccccc1)S(=O)(=O)c1ccc(Cl)c(C(=O)Nc2cccc(C)n2)c1. The molecule has 0 aliphatic carbocycles. The van der Waals surface area contributed by atoms with Gasteiger partial charge in [0.05, 0.1) is 27.7 Å². The van der Waals surface area contributed by atoms with E-state index in [0.717, 1.165) is 5.69 Å². The van der Waals surface area contributed by atoms with Crippen LogP contribution >= 0.6 is 11.6 Å². The summed E-state index contributed by atoms with van der Waals surface area (Å²) >= 11 is 6.19. The third kappa shape index (κ3) is 4.69. The molecule has 154 valence electrons. The summed E-state index contributed by atoms with van der Waals surface area (Å²) in [5, 5.41) is 2.78. The van der Waals surface area contributed by atoms with Crippen LogP contribution in [0, 0.1) is 6.92 Å². The molecule has 0 aliphatic heterocycles. The van der Waals surface area contributed by atoms with Gasteiger partial charge in [-0.15, -0.1) is 6.58 Å². The summed E-state index contributed by atoms with van der Waals surface area (Å²) < 4.78 is 27.8. The van der Waals surface area contributed by atoms with E-state index >= 15 is 0 Å². The molecule has 0 unspecified atom stereocenters. The number of aryl methyl sites for hydroxylation is 1. The summed E-state index contributed by atoms with van der Waals surface area (Å²) in [6, 6.07) is 17.9. The molecule has 1 heterocycles. The molecule has 0 radical (unpaired) electrons. The molecule has 1 aromatic heterocycles. The number of carbonyl (C=O) groups is 1. The highest BCUT2D eigenvalue weighted by molar-refractivity contribution is 7.92. The molecule has 1 amide bonds. The van der Waals surface area contributed by atoms with Crippen LogP contribution in [0.4, 0.5) is 11.5 Å². The van der Waals surface area contributed by atoms with Crippen molar-refractivity contribution < 1.29 is 13.2 Å². The van der Waals surface area contributed by atoms with E-state index in [1.807, 2.05) is 0 Å². The molecule has 0 bridgehead atoms. The summed E-state index contributed by atoms with van der Waals surface area (Å²) in [5.41, 5.74) is 1.26. The Morgan fingerprint density at radius 1 is 1.13 bits per heavy atom. The first-order valence-electron chi connectivity index (χ1n) is 9.06. The molecule has 3 aromatic rings. The molecular formula is C22H20ClN3O3S. The number of rotatable bonds is 7. The van der Waals surface area contributed by atoms with Crippen LogP contribution in [-0.2, 0) is 10.0 Å². The number of aromatic nitrogens is 1. The number of hydrogen-bond acceptors (Lipinski definition) is 4. The Hall–Kier alpha value is -3.16. The number of para-hydroxylation sites is 1. The van der Waals surface area contributed by atoms with Gasteiger partial charge >= 0.3 is 0 Å². The van der Waals surface area contributed by atoms with E-state index in [9.17, 15) is 13.2 Å². The Morgan fingerprint density at radius 2 is 1.87 bits per heavy atom. The molecule has 2 aromatic carbocycles. The van der Waals surface area contributed by atoms with Gasteiger partial charge in [0, 0.05) is 5.69 Å². The standard InChI is InChI=1S/C22H20ClN3O3S/c1-3-14-26(17-9-5-4-6-10-17)30(28,29)18-12-13-20(23)19(15-18)22(27)25-21-11-7-8-16(2)24-21/h3-13,15H,1,14H2,2H3,(H,24,25,27). The number of benzene rings is 2. The highest BCUT2D eigenvalue weighted by Crippen LogP contribution is 2.27. The van der Waals surface area contributed by atoms with Crippen LogP contribution in [0.2, 0.25) is 5.02 Å². The number of hydrogen-bond donors (Lipinski definition) is 1. The molecular weight excluding hydrogens is 422 g/mol. The van der Waals surface area contributed by atoms with Crippen molar-refractivity contribution in [2.24, 2.45) is 0 Å². The number of anilines is 2. The van der Waals surface area contributed by atoms with Gasteiger partial charge in [-0.1, -0.05) is 41.9 Å². The Labute approximate surface area is 180 Å². The second kappa shape index (κ2) is 9.11. The van der Waals surface area contributed by atoms with Crippen molar-refractivity contribution in [3.05, 3.63) is 95.7 Å². The van der Waals surface area contributed by atoms with Gasteiger partial charge in [-0.2, -0.15) is 0 Å². The first-order chi connectivity index (χ1) is 14.3. The van der Waals surface area contributed by atoms with E-state index < -0.39 is 15.9 Å². The molecule has 0 saturated heterocycles. The van der Waals surface area contributed by atoms with Gasteiger partial charge in [0.25, 0.3) is 15.9 Å². The molecule has 0 fully saturated rings. The zero-order valence-electron chi connectivity index (χ0n) is 16.2. The van der Waals surface area contributed by atoms with E-state index in [2.05, 4.69) is 16.9 Å². The molecule has 30 heavy (non-hydrogen) atoms. The van der Waals surface area contributed by atoms with Crippen LogP contribution in [-0.4, -0.2) is 25.9 Å². The molecule has 6 nitrogen and oxygen atoms in total. The van der Waals surface area contributed by atoms with Crippen LogP contribution in [0.25, 0.3) is 0 Å². The van der Waals surface area contributed by atoms with Gasteiger partial charge in [0.15, 0.2) is 0 Å². The highest BCUT2D eigenvalue weighted by atomic mass is 35.5. The Kier molecular flexibility index (Phi) is 6.54. The van der Waals surface area contributed by atoms with Crippen molar-refractivity contribution >= 4 is 39.0 Å². The minimum Gasteiger partial charge on any atom is -0.307 e. The summed E-state index contributed by atoms with van der Waals surface area (Å²) in [6.45, 7) is 5.52. The lowest BCUT2D eigenvalue weighted by Gasteiger charge is -2.23. The average molecular weight is 442 g/mol. The Bertz CT molecular complexity index is 1180. The van der Waals surface area contributed by atoms with Gasteiger partial charge in [-0.3, -0.25) is 9.10 Å². The molecule has 0 aliphatic rings. The first-order valence-corrected chi connectivity index (χ1v) is 10.9. The van der Waals surface area contributed by atoms with Crippen LogP contribution in [0.5, 0.6) is 0 Å². The fourth-order valence-electron chi connectivity index (χ4n) is 2.82. The van der Waals surface area contributed by atoms with Crippen LogP contribution < -0.4 is 9.62 Å². The lowest BCUT2D eigenvalue weighted by Crippen LogP contribution is -2.31. The van der Waals surface area contributed by atoms with Gasteiger partial charge in [0.1, 0.15) is 5.82 Å². The largest absolute Gasteiger partial charge is 0.307 e. The maximum Gasteiger partial charge on any atom is 0.264 e. The van der Waals surface area contributed by atoms with E-state index in [4.69, 9.17) is 11.6 Å². The minimum absolute atomic E-state index is 0.0349. The summed E-state index contributed by atoms with van der Waals surface area (Å²) in [5.74, 6) is -0.202. The monoisotopic (exact) mass is 441 g/mol. The number of nitrogens with zero attached hydrogens (tertiary/aromatic N) is 2. The Morgan fingerprint density at radius 3 is 2.53 bits per heavy atom. The first kappa shape index (κ1) is 21.5. The lowest BCUT2D eigenvalue weighted by atomic mass is 10.2. The van der Waals surface area contributed by atoms with E-state index in [1.54, 1.807) is 55.5 Å². The summed E-state index contributed by atoms with van der Waals surface area (Å²) in [6.07, 6.45) is 1.50. The number of nitrogens with one attached hydrogen (secondary N) is 1. The summed E-state index contributed by atoms with van der Waals surface area (Å²) in [7, 11) is -3.96. The number of amides is 1. The quantitative estimate of drug-likeness (QED) is 0.540. The van der Waals surface area contributed by atoms with Crippen molar-refractivity contribution in [2.45, 2.75) is 11.8 Å². The Balaban J connectivity index is 1.98. The van der Waals surface area contributed by atoms with Crippen molar-refractivity contribution in [1.82, 2.24) is 4.98 Å². The van der Waals surface area contributed by atoms with Crippen molar-refractivity contribution in [3.63, 3.8) is 0 Å². The van der Waals surface area contributed by atoms with Crippen molar-refractivity contribution in [3.8, 4) is 0 Å². The zero-order valence-corrected chi connectivity index (χ0v) is 17.8. The number of carbonyl (C=O) groups excluding carboxylic acids is 1. The van der Waals surface area contributed by atoms with Crippen molar-refractivity contribution in [1.29, 1.82) is 0 Å². The number of halogens is 1. The van der Waals surface area contributed by atoms with Gasteiger partial charge in [0.2, 0.25) is 0 Å². The summed E-state index contributed by atoms with van der Waals surface area (Å²) in [4.78, 5) is 16.9. The van der Waals surface area contributed by atoms with Gasteiger partial charge < -0.3 is 5.32 Å². The topological polar surface area (TPSA) is 79.4 Å². The van der Waals surface area contributed by atoms with E-state index in [0.29, 0.717) is 11.5 Å². The molecule has 0 spiro atoms. The van der Waals surface area contributed by atoms with E-state index in [-0.39, 0.29) is 22.0 Å². The third-order valence-electron chi connectivity index (χ3n) is 4.24. The smallest absolute Gasteiger partial charge is 0.264 e. The second-order valence-electron chi connectivity index (χ2n) is 6.42. The number of pyridine rings is 1. The zero-order chi connectivity index (χ0) is 21.7. The highest BCUT2D eigenvalue weighted by Gasteiger charge is 2.26.